The third-order valence-corrected chi connectivity index (χ3v) is 5.36. The van der Waals surface area contributed by atoms with Gasteiger partial charge in [0.1, 0.15) is 17.3 Å². The Morgan fingerprint density at radius 1 is 1.26 bits per heavy atom. The van der Waals surface area contributed by atoms with E-state index in [0.717, 1.165) is 12.5 Å². The number of aryl methyl sites for hydroxylation is 1. The predicted octanol–water partition coefficient (Wildman–Crippen LogP) is 3.75. The largest absolute Gasteiger partial charge is 0.463 e. The maximum absolute atomic E-state index is 14.2. The van der Waals surface area contributed by atoms with Gasteiger partial charge in [-0.05, 0) is 43.5 Å². The SMILES string of the molecule is O=C(Nc1cc(-c2ccco2)nn1-c1nc2c(c(=O)[nH]1)CCC2)c1c(F)cccc1Cl. The number of aromatic amines is 1. The molecule has 0 saturated heterocycles. The number of hydrogen-bond donors (Lipinski definition) is 2. The lowest BCUT2D eigenvalue weighted by atomic mass is 10.2. The minimum atomic E-state index is -0.765. The maximum Gasteiger partial charge on any atom is 0.261 e. The molecule has 5 rings (SSSR count). The quantitative estimate of drug-likeness (QED) is 0.503. The zero-order valence-electron chi connectivity index (χ0n) is 16.0. The fourth-order valence-corrected chi connectivity index (χ4v) is 3.85. The number of hydrogen-bond acceptors (Lipinski definition) is 5. The van der Waals surface area contributed by atoms with Gasteiger partial charge in [0, 0.05) is 11.6 Å². The Morgan fingerprint density at radius 3 is 2.90 bits per heavy atom. The lowest BCUT2D eigenvalue weighted by molar-refractivity contribution is 0.102. The smallest absolute Gasteiger partial charge is 0.261 e. The highest BCUT2D eigenvalue weighted by Crippen LogP contribution is 2.26. The summed E-state index contributed by atoms with van der Waals surface area (Å²) in [6, 6.07) is 8.91. The lowest BCUT2D eigenvalue weighted by Gasteiger charge is -2.10. The minimum absolute atomic E-state index is 0.0288. The summed E-state index contributed by atoms with van der Waals surface area (Å²) in [4.78, 5) is 32.5. The third-order valence-electron chi connectivity index (χ3n) is 5.04. The molecule has 4 aromatic rings. The van der Waals surface area contributed by atoms with Crippen molar-refractivity contribution < 1.29 is 13.6 Å². The zero-order chi connectivity index (χ0) is 21.5. The maximum atomic E-state index is 14.2. The van der Waals surface area contributed by atoms with E-state index < -0.39 is 11.7 Å². The first-order valence-electron chi connectivity index (χ1n) is 9.53. The number of nitrogens with one attached hydrogen (secondary N) is 2. The van der Waals surface area contributed by atoms with Gasteiger partial charge >= 0.3 is 0 Å². The topological polar surface area (TPSA) is 106 Å². The first-order chi connectivity index (χ1) is 15.0. The number of anilines is 1. The van der Waals surface area contributed by atoms with Crippen LogP contribution in [0, 0.1) is 5.82 Å². The van der Waals surface area contributed by atoms with Crippen LogP contribution in [-0.2, 0) is 12.8 Å². The summed E-state index contributed by atoms with van der Waals surface area (Å²) in [6.07, 6.45) is 3.69. The number of aromatic nitrogens is 4. The summed E-state index contributed by atoms with van der Waals surface area (Å²) in [5, 5.41) is 7.01. The van der Waals surface area contributed by atoms with Crippen LogP contribution >= 0.6 is 11.6 Å². The summed E-state index contributed by atoms with van der Waals surface area (Å²) in [7, 11) is 0. The molecular weight excluding hydrogens is 425 g/mol. The van der Waals surface area contributed by atoms with Crippen LogP contribution in [0.25, 0.3) is 17.4 Å². The summed E-state index contributed by atoms with van der Waals surface area (Å²) in [5.41, 5.74) is 1.20. The highest BCUT2D eigenvalue weighted by Gasteiger charge is 2.23. The first kappa shape index (κ1) is 19.3. The number of halogens is 2. The van der Waals surface area contributed by atoms with Crippen LogP contribution in [-0.4, -0.2) is 25.7 Å². The van der Waals surface area contributed by atoms with Gasteiger partial charge in [0.25, 0.3) is 11.5 Å². The molecule has 2 N–H and O–H groups in total. The first-order valence-corrected chi connectivity index (χ1v) is 9.91. The molecule has 31 heavy (non-hydrogen) atoms. The standard InChI is InChI=1S/C21H15ClFN5O3/c22-12-5-2-6-13(23)18(12)20(30)25-17-10-15(16-8-3-9-31-16)27-28(17)21-24-14-7-1-4-11(14)19(29)26-21/h2-3,5-6,8-10H,1,4,7H2,(H,25,30)(H,24,26,29). The number of fused-ring (bicyclic) bond motifs is 1. The van der Waals surface area contributed by atoms with Crippen LogP contribution in [0.5, 0.6) is 0 Å². The van der Waals surface area contributed by atoms with Crippen LogP contribution < -0.4 is 10.9 Å². The summed E-state index contributed by atoms with van der Waals surface area (Å²) in [5.74, 6) is -0.776. The molecule has 1 aliphatic rings. The number of benzene rings is 1. The van der Waals surface area contributed by atoms with Crippen molar-refractivity contribution in [3.63, 3.8) is 0 Å². The van der Waals surface area contributed by atoms with Gasteiger partial charge in [-0.1, -0.05) is 17.7 Å². The number of rotatable bonds is 4. The van der Waals surface area contributed by atoms with Crippen molar-refractivity contribution in [1.82, 2.24) is 19.7 Å². The van der Waals surface area contributed by atoms with Crippen molar-refractivity contribution in [3.05, 3.63) is 80.7 Å². The average Bonchev–Trinajstić information content (AvgIpc) is 3.48. The Hall–Kier alpha value is -3.72. The van der Waals surface area contributed by atoms with Crippen LogP contribution in [0.3, 0.4) is 0 Å². The molecule has 0 saturated carbocycles. The monoisotopic (exact) mass is 439 g/mol. The molecule has 1 aliphatic carbocycles. The van der Waals surface area contributed by atoms with Crippen molar-refractivity contribution in [2.75, 3.05) is 5.32 Å². The minimum Gasteiger partial charge on any atom is -0.463 e. The van der Waals surface area contributed by atoms with Crippen molar-refractivity contribution >= 4 is 23.3 Å². The normalized spacial score (nSPS) is 12.7. The molecule has 0 fully saturated rings. The van der Waals surface area contributed by atoms with Gasteiger partial charge in [0.15, 0.2) is 5.76 Å². The van der Waals surface area contributed by atoms with Crippen LogP contribution in [0.15, 0.2) is 51.9 Å². The van der Waals surface area contributed by atoms with Gasteiger partial charge in [0.2, 0.25) is 5.95 Å². The lowest BCUT2D eigenvalue weighted by Crippen LogP contribution is -2.21. The molecule has 0 spiro atoms. The van der Waals surface area contributed by atoms with Crippen LogP contribution in [0.2, 0.25) is 5.02 Å². The molecule has 0 atom stereocenters. The van der Waals surface area contributed by atoms with Crippen molar-refractivity contribution in [1.29, 1.82) is 0 Å². The highest BCUT2D eigenvalue weighted by molar-refractivity contribution is 6.34. The second-order valence-electron chi connectivity index (χ2n) is 7.02. The number of furan rings is 1. The molecule has 1 aromatic carbocycles. The number of carbonyl (C=O) groups excluding carboxylic acids is 1. The highest BCUT2D eigenvalue weighted by atomic mass is 35.5. The second-order valence-corrected chi connectivity index (χ2v) is 7.43. The average molecular weight is 440 g/mol. The molecule has 0 radical (unpaired) electrons. The molecule has 0 aliphatic heterocycles. The van der Waals surface area contributed by atoms with Crippen LogP contribution in [0.4, 0.5) is 10.2 Å². The Bertz CT molecular complexity index is 1340. The van der Waals surface area contributed by atoms with Crippen LogP contribution in [0.1, 0.15) is 28.0 Å². The van der Waals surface area contributed by atoms with E-state index in [2.05, 4.69) is 20.4 Å². The molecule has 0 bridgehead atoms. The molecule has 3 heterocycles. The molecule has 10 heteroatoms. The van der Waals surface area contributed by atoms with Crippen molar-refractivity contribution in [3.8, 4) is 17.4 Å². The number of carbonyl (C=O) groups is 1. The number of H-pyrrole nitrogens is 1. The van der Waals surface area contributed by atoms with Gasteiger partial charge < -0.3 is 9.73 Å². The molecular formula is C21H15ClFN5O3. The van der Waals surface area contributed by atoms with E-state index in [0.29, 0.717) is 35.6 Å². The van der Waals surface area contributed by atoms with Gasteiger partial charge in [-0.2, -0.15) is 9.78 Å². The molecule has 8 nitrogen and oxygen atoms in total. The van der Waals surface area contributed by atoms with Crippen molar-refractivity contribution in [2.24, 2.45) is 0 Å². The van der Waals surface area contributed by atoms with Gasteiger partial charge in [-0.15, -0.1) is 0 Å². The Kier molecular flexibility index (Phi) is 4.67. The fourth-order valence-electron chi connectivity index (χ4n) is 3.60. The zero-order valence-corrected chi connectivity index (χ0v) is 16.7. The summed E-state index contributed by atoms with van der Waals surface area (Å²) in [6.45, 7) is 0. The molecule has 0 unspecified atom stereocenters. The van der Waals surface area contributed by atoms with E-state index in [1.165, 1.54) is 23.1 Å². The Morgan fingerprint density at radius 2 is 2.13 bits per heavy atom. The van der Waals surface area contributed by atoms with E-state index in [4.69, 9.17) is 16.0 Å². The van der Waals surface area contributed by atoms with Gasteiger partial charge in [0.05, 0.1) is 22.5 Å². The van der Waals surface area contributed by atoms with E-state index in [1.807, 2.05) is 0 Å². The van der Waals surface area contributed by atoms with E-state index >= 15 is 0 Å². The fraction of sp³-hybridized carbons (Fsp3) is 0.143. The number of amides is 1. The summed E-state index contributed by atoms with van der Waals surface area (Å²) >= 11 is 6.02. The van der Waals surface area contributed by atoms with Gasteiger partial charge in [-0.25, -0.2) is 9.37 Å². The van der Waals surface area contributed by atoms with Crippen molar-refractivity contribution in [2.45, 2.75) is 19.3 Å². The Balaban J connectivity index is 1.61. The van der Waals surface area contributed by atoms with E-state index in [1.54, 1.807) is 18.2 Å². The van der Waals surface area contributed by atoms with E-state index in [-0.39, 0.29) is 27.9 Å². The third kappa shape index (κ3) is 3.42. The second kappa shape index (κ2) is 7.51. The molecule has 156 valence electrons. The van der Waals surface area contributed by atoms with E-state index in [9.17, 15) is 14.0 Å². The Labute approximate surface area is 179 Å². The molecule has 1 amide bonds. The molecule has 3 aromatic heterocycles. The van der Waals surface area contributed by atoms with Gasteiger partial charge in [-0.3, -0.25) is 14.6 Å². The number of nitrogens with zero attached hydrogens (tertiary/aromatic N) is 3. The summed E-state index contributed by atoms with van der Waals surface area (Å²) < 4.78 is 20.9. The predicted molar refractivity (Wildman–Crippen MR) is 111 cm³/mol.